The molecule has 0 radical (unpaired) electrons. The van der Waals surface area contributed by atoms with Crippen LogP contribution in [0.2, 0.25) is 0 Å². The van der Waals surface area contributed by atoms with Gasteiger partial charge in [0.2, 0.25) is 0 Å². The van der Waals surface area contributed by atoms with Gasteiger partial charge in [-0.1, -0.05) is 209 Å². The number of esters is 1. The Labute approximate surface area is 369 Å². The number of hydrogen-bond donors (Lipinski definition) is 2. The van der Waals surface area contributed by atoms with Crippen molar-refractivity contribution in [3.8, 4) is 0 Å². The maximum absolute atomic E-state index is 12.6. The standard InChI is InChI=1S/C51H92NO7P/c1-3-5-7-9-11-13-15-17-19-20-21-22-23-24-25-26-27-28-29-31-33-35-37-39-41-43-46-56-48-50(49-58-60(54,55)57-47-45-52)59-51(53)44-42-40-38-36-34-32-30-18-16-14-12-10-8-6-4-2/h5,7,11,13,17,19,21-22,24-25,27-28,50H,3-4,6,8-10,12,14-16,18,20,23,26,29-49,52H2,1-2H3,(H,54,55)/b7-5-,13-11-,19-17-,22-21-,25-24-,28-27-. The van der Waals surface area contributed by atoms with E-state index in [1.165, 1.54) is 103 Å². The quantitative estimate of drug-likeness (QED) is 0.0269. The average Bonchev–Trinajstić information content (AvgIpc) is 3.24. The first-order valence-corrected chi connectivity index (χ1v) is 25.9. The number of carbonyl (C=O) groups excluding carboxylic acids is 1. The van der Waals surface area contributed by atoms with Crippen molar-refractivity contribution in [1.82, 2.24) is 0 Å². The molecule has 2 unspecified atom stereocenters. The molecule has 0 saturated heterocycles. The predicted octanol–water partition coefficient (Wildman–Crippen LogP) is 15.1. The van der Waals surface area contributed by atoms with Gasteiger partial charge in [-0.15, -0.1) is 0 Å². The van der Waals surface area contributed by atoms with Crippen LogP contribution in [-0.4, -0.2) is 49.9 Å². The van der Waals surface area contributed by atoms with Crippen LogP contribution in [0, 0.1) is 0 Å². The van der Waals surface area contributed by atoms with Crippen LogP contribution < -0.4 is 5.73 Å². The summed E-state index contributed by atoms with van der Waals surface area (Å²) >= 11 is 0. The number of rotatable bonds is 46. The SMILES string of the molecule is CC/C=C\C/C=C\C/C=C\C/C=C\C/C=C\C/C=C\CCCCCCCCCOCC(COP(=O)(O)OCCN)OC(=O)CCCCCCCCCCCCCCCCC. The van der Waals surface area contributed by atoms with Crippen LogP contribution in [-0.2, 0) is 27.9 Å². The minimum Gasteiger partial charge on any atom is -0.457 e. The second kappa shape index (κ2) is 48.0. The van der Waals surface area contributed by atoms with Crippen molar-refractivity contribution in [2.24, 2.45) is 5.73 Å². The van der Waals surface area contributed by atoms with E-state index in [0.717, 1.165) is 83.5 Å². The van der Waals surface area contributed by atoms with E-state index in [-0.39, 0.29) is 32.3 Å². The summed E-state index contributed by atoms with van der Waals surface area (Å²) in [6.07, 6.45) is 60.7. The molecule has 0 aliphatic rings. The molecule has 8 nitrogen and oxygen atoms in total. The summed E-state index contributed by atoms with van der Waals surface area (Å²) in [5.41, 5.74) is 5.38. The highest BCUT2D eigenvalue weighted by molar-refractivity contribution is 7.47. The van der Waals surface area contributed by atoms with Gasteiger partial charge in [0.25, 0.3) is 0 Å². The summed E-state index contributed by atoms with van der Waals surface area (Å²) in [6.45, 7) is 4.79. The van der Waals surface area contributed by atoms with Crippen LogP contribution in [0.3, 0.4) is 0 Å². The van der Waals surface area contributed by atoms with Gasteiger partial charge in [0.05, 0.1) is 19.8 Å². The Hall–Kier alpha value is -2.06. The molecule has 0 aromatic carbocycles. The number of ether oxygens (including phenoxy) is 2. The molecule has 0 heterocycles. The average molecular weight is 862 g/mol. The fourth-order valence-electron chi connectivity index (χ4n) is 6.59. The Morgan fingerprint density at radius 3 is 1.40 bits per heavy atom. The Morgan fingerprint density at radius 2 is 0.933 bits per heavy atom. The Balaban J connectivity index is 3.99. The molecule has 0 bridgehead atoms. The van der Waals surface area contributed by atoms with E-state index in [0.29, 0.717) is 13.0 Å². The Kier molecular flexibility index (Phi) is 46.3. The molecule has 9 heteroatoms. The van der Waals surface area contributed by atoms with Gasteiger partial charge >= 0.3 is 13.8 Å². The third-order valence-corrected chi connectivity index (χ3v) is 11.1. The van der Waals surface area contributed by atoms with Crippen molar-refractivity contribution in [3.63, 3.8) is 0 Å². The highest BCUT2D eigenvalue weighted by Gasteiger charge is 2.25. The number of allylic oxidation sites excluding steroid dienone is 12. The minimum absolute atomic E-state index is 0.0962. The summed E-state index contributed by atoms with van der Waals surface area (Å²) in [7, 11) is -4.29. The van der Waals surface area contributed by atoms with E-state index in [9.17, 15) is 14.3 Å². The molecule has 2 atom stereocenters. The summed E-state index contributed by atoms with van der Waals surface area (Å²) in [4.78, 5) is 22.5. The minimum atomic E-state index is -4.29. The second-order valence-corrected chi connectivity index (χ2v) is 17.4. The van der Waals surface area contributed by atoms with Gasteiger partial charge in [-0.2, -0.15) is 0 Å². The molecule has 0 aromatic rings. The molecule has 348 valence electrons. The Bertz CT molecular complexity index is 1150. The summed E-state index contributed by atoms with van der Waals surface area (Å²) in [5.74, 6) is -0.335. The lowest BCUT2D eigenvalue weighted by Gasteiger charge is -2.20. The highest BCUT2D eigenvalue weighted by atomic mass is 31.2. The van der Waals surface area contributed by atoms with Crippen molar-refractivity contribution in [2.45, 2.75) is 213 Å². The molecule has 0 aliphatic heterocycles. The zero-order valence-corrected chi connectivity index (χ0v) is 39.6. The number of carbonyl (C=O) groups is 1. The first-order chi connectivity index (χ1) is 29.4. The molecular formula is C51H92NO7P. The zero-order chi connectivity index (χ0) is 43.7. The van der Waals surface area contributed by atoms with E-state index in [1.54, 1.807) is 0 Å². The summed E-state index contributed by atoms with van der Waals surface area (Å²) in [6, 6.07) is 0. The zero-order valence-electron chi connectivity index (χ0n) is 38.7. The molecule has 0 fully saturated rings. The smallest absolute Gasteiger partial charge is 0.457 e. The van der Waals surface area contributed by atoms with Gasteiger partial charge in [0.15, 0.2) is 0 Å². The molecule has 0 aromatic heterocycles. The van der Waals surface area contributed by atoms with Crippen LogP contribution in [0.4, 0.5) is 0 Å². The van der Waals surface area contributed by atoms with Gasteiger partial charge < -0.3 is 20.1 Å². The lowest BCUT2D eigenvalue weighted by Crippen LogP contribution is -2.28. The molecule has 0 spiro atoms. The Morgan fingerprint density at radius 1 is 0.517 bits per heavy atom. The van der Waals surface area contributed by atoms with Crippen LogP contribution in [0.5, 0.6) is 0 Å². The third kappa shape index (κ3) is 47.0. The van der Waals surface area contributed by atoms with Crippen molar-refractivity contribution in [1.29, 1.82) is 0 Å². The summed E-state index contributed by atoms with van der Waals surface area (Å²) in [5, 5.41) is 0. The van der Waals surface area contributed by atoms with Gasteiger partial charge in [0.1, 0.15) is 6.10 Å². The van der Waals surface area contributed by atoms with Crippen LogP contribution in [0.15, 0.2) is 72.9 Å². The monoisotopic (exact) mass is 862 g/mol. The van der Waals surface area contributed by atoms with Crippen LogP contribution in [0.25, 0.3) is 0 Å². The van der Waals surface area contributed by atoms with Gasteiger partial charge in [-0.05, 0) is 64.2 Å². The van der Waals surface area contributed by atoms with E-state index in [1.807, 2.05) is 0 Å². The second-order valence-electron chi connectivity index (χ2n) is 16.0. The number of nitrogens with two attached hydrogens (primary N) is 1. The molecule has 3 N–H and O–H groups in total. The fraction of sp³-hybridized carbons (Fsp3) is 0.745. The number of phosphoric acid groups is 1. The van der Waals surface area contributed by atoms with Crippen LogP contribution in [0.1, 0.15) is 206 Å². The first-order valence-electron chi connectivity index (χ1n) is 24.4. The molecule has 0 rings (SSSR count). The van der Waals surface area contributed by atoms with Crippen molar-refractivity contribution in [2.75, 3.05) is 33.0 Å². The lowest BCUT2D eigenvalue weighted by molar-refractivity contribution is -0.154. The normalized spacial score (nSPS) is 14.0. The lowest BCUT2D eigenvalue weighted by atomic mass is 10.0. The highest BCUT2D eigenvalue weighted by Crippen LogP contribution is 2.43. The van der Waals surface area contributed by atoms with Crippen LogP contribution >= 0.6 is 7.82 Å². The van der Waals surface area contributed by atoms with Crippen molar-refractivity contribution >= 4 is 13.8 Å². The van der Waals surface area contributed by atoms with E-state index in [4.69, 9.17) is 24.3 Å². The maximum atomic E-state index is 12.6. The largest absolute Gasteiger partial charge is 0.472 e. The molecule has 0 saturated carbocycles. The topological polar surface area (TPSA) is 117 Å². The maximum Gasteiger partial charge on any atom is 0.472 e. The summed E-state index contributed by atoms with van der Waals surface area (Å²) < 4.78 is 33.5. The van der Waals surface area contributed by atoms with E-state index in [2.05, 4.69) is 86.8 Å². The van der Waals surface area contributed by atoms with Crippen molar-refractivity contribution < 1.29 is 32.8 Å². The number of hydrogen-bond acceptors (Lipinski definition) is 7. The number of unbranched alkanes of at least 4 members (excludes halogenated alkanes) is 21. The van der Waals surface area contributed by atoms with Gasteiger partial charge in [-0.25, -0.2) is 4.57 Å². The number of phosphoric ester groups is 1. The first kappa shape index (κ1) is 57.9. The fourth-order valence-corrected chi connectivity index (χ4v) is 7.35. The van der Waals surface area contributed by atoms with Gasteiger partial charge in [0, 0.05) is 19.6 Å². The van der Waals surface area contributed by atoms with Crippen molar-refractivity contribution in [3.05, 3.63) is 72.9 Å². The molecular weight excluding hydrogens is 770 g/mol. The molecule has 0 aliphatic carbocycles. The van der Waals surface area contributed by atoms with E-state index >= 15 is 0 Å². The molecule has 60 heavy (non-hydrogen) atoms. The van der Waals surface area contributed by atoms with E-state index < -0.39 is 13.9 Å². The molecule has 0 amide bonds. The van der Waals surface area contributed by atoms with Gasteiger partial charge in [-0.3, -0.25) is 13.8 Å². The third-order valence-electron chi connectivity index (χ3n) is 10.1. The predicted molar refractivity (Wildman–Crippen MR) is 256 cm³/mol.